The number of hydrogen-bond donors (Lipinski definition) is 2. The van der Waals surface area contributed by atoms with Crippen LogP contribution in [-0.4, -0.2) is 24.2 Å². The predicted molar refractivity (Wildman–Crippen MR) is 47.2 cm³/mol. The normalized spacial score (nSPS) is 11.4. The zero-order valence-electron chi connectivity index (χ0n) is 6.54. The number of allylic oxidation sites excluding steroid dienone is 1. The van der Waals surface area contributed by atoms with Crippen LogP contribution in [0.5, 0.6) is 0 Å². The summed E-state index contributed by atoms with van der Waals surface area (Å²) < 4.78 is 0. The lowest BCUT2D eigenvalue weighted by Gasteiger charge is -2.07. The topological polar surface area (TPSA) is 49.3 Å². The van der Waals surface area contributed by atoms with Gasteiger partial charge in [0.2, 0.25) is 0 Å². The molecule has 0 heterocycles. The maximum atomic E-state index is 10.3. The van der Waals surface area contributed by atoms with Gasteiger partial charge < -0.3 is 10.4 Å². The highest BCUT2D eigenvalue weighted by Gasteiger charge is 2.12. The van der Waals surface area contributed by atoms with Gasteiger partial charge in [0.05, 0.1) is 0 Å². The molecule has 0 saturated heterocycles. The summed E-state index contributed by atoms with van der Waals surface area (Å²) in [4.78, 5) is 10.3. The molecule has 0 aromatic heterocycles. The lowest BCUT2D eigenvalue weighted by molar-refractivity contribution is -0.139. The Bertz CT molecular complexity index is 128. The SMILES string of the molecule is C=CCCC(NC)C(=O)O.Cl. The van der Waals surface area contributed by atoms with Crippen molar-refractivity contribution in [3.05, 3.63) is 12.7 Å². The average molecular weight is 180 g/mol. The monoisotopic (exact) mass is 179 g/mol. The van der Waals surface area contributed by atoms with Crippen LogP contribution in [0.4, 0.5) is 0 Å². The van der Waals surface area contributed by atoms with E-state index in [2.05, 4.69) is 11.9 Å². The zero-order valence-corrected chi connectivity index (χ0v) is 7.36. The molecule has 0 fully saturated rings. The molecular formula is C7H14ClNO2. The minimum absolute atomic E-state index is 0. The molecule has 1 atom stereocenters. The molecule has 0 aromatic rings. The number of carboxylic acids is 1. The van der Waals surface area contributed by atoms with E-state index in [4.69, 9.17) is 5.11 Å². The number of carbonyl (C=O) groups is 1. The Morgan fingerprint density at radius 3 is 2.64 bits per heavy atom. The molecule has 0 radical (unpaired) electrons. The quantitative estimate of drug-likeness (QED) is 0.621. The molecule has 0 spiro atoms. The van der Waals surface area contributed by atoms with Gasteiger partial charge in [0.25, 0.3) is 0 Å². The van der Waals surface area contributed by atoms with Crippen molar-refractivity contribution in [1.82, 2.24) is 5.32 Å². The summed E-state index contributed by atoms with van der Waals surface area (Å²) in [6.07, 6.45) is 3.06. The van der Waals surface area contributed by atoms with Gasteiger partial charge in [-0.3, -0.25) is 4.79 Å². The van der Waals surface area contributed by atoms with Crippen LogP contribution in [0.1, 0.15) is 12.8 Å². The number of halogens is 1. The third-order valence-electron chi connectivity index (χ3n) is 1.31. The number of rotatable bonds is 5. The van der Waals surface area contributed by atoms with Gasteiger partial charge in [-0.2, -0.15) is 0 Å². The van der Waals surface area contributed by atoms with E-state index in [1.807, 2.05) is 0 Å². The molecule has 2 N–H and O–H groups in total. The Balaban J connectivity index is 0. The fourth-order valence-corrected chi connectivity index (χ4v) is 0.676. The minimum Gasteiger partial charge on any atom is -0.480 e. The second kappa shape index (κ2) is 7.57. The molecule has 66 valence electrons. The molecule has 11 heavy (non-hydrogen) atoms. The van der Waals surface area contributed by atoms with Crippen LogP contribution in [0.3, 0.4) is 0 Å². The molecule has 0 saturated carbocycles. The maximum Gasteiger partial charge on any atom is 0.320 e. The third kappa shape index (κ3) is 5.88. The van der Waals surface area contributed by atoms with Crippen molar-refractivity contribution < 1.29 is 9.90 Å². The number of aliphatic carboxylic acids is 1. The first-order valence-corrected chi connectivity index (χ1v) is 3.23. The van der Waals surface area contributed by atoms with Gasteiger partial charge in [-0.1, -0.05) is 6.08 Å². The summed E-state index contributed by atoms with van der Waals surface area (Å²) in [6.45, 7) is 3.51. The summed E-state index contributed by atoms with van der Waals surface area (Å²) in [5, 5.41) is 11.2. The van der Waals surface area contributed by atoms with Crippen molar-refractivity contribution in [2.75, 3.05) is 7.05 Å². The highest BCUT2D eigenvalue weighted by atomic mass is 35.5. The first-order valence-electron chi connectivity index (χ1n) is 3.23. The fourth-order valence-electron chi connectivity index (χ4n) is 0.676. The molecule has 1 unspecified atom stereocenters. The Labute approximate surface area is 72.9 Å². The highest BCUT2D eigenvalue weighted by Crippen LogP contribution is 1.96. The standard InChI is InChI=1S/C7H13NO2.ClH/c1-3-4-5-6(8-2)7(9)10;/h3,6,8H,1,4-5H2,2H3,(H,9,10);1H. The van der Waals surface area contributed by atoms with Crippen LogP contribution < -0.4 is 5.32 Å². The molecule has 0 rings (SSSR count). The van der Waals surface area contributed by atoms with Gasteiger partial charge in [-0.15, -0.1) is 19.0 Å². The van der Waals surface area contributed by atoms with Gasteiger partial charge >= 0.3 is 5.97 Å². The van der Waals surface area contributed by atoms with Crippen molar-refractivity contribution in [2.24, 2.45) is 0 Å². The van der Waals surface area contributed by atoms with Crippen LogP contribution in [0, 0.1) is 0 Å². The van der Waals surface area contributed by atoms with Crippen LogP contribution in [-0.2, 0) is 4.79 Å². The summed E-state index contributed by atoms with van der Waals surface area (Å²) in [5.74, 6) is -0.802. The average Bonchev–Trinajstić information content (AvgIpc) is 1.89. The highest BCUT2D eigenvalue weighted by molar-refractivity contribution is 5.85. The number of likely N-dealkylation sites (N-methyl/N-ethyl adjacent to an activating group) is 1. The summed E-state index contributed by atoms with van der Waals surface area (Å²) in [7, 11) is 1.64. The van der Waals surface area contributed by atoms with Gasteiger partial charge in [0.15, 0.2) is 0 Å². The van der Waals surface area contributed by atoms with E-state index in [1.54, 1.807) is 13.1 Å². The van der Waals surface area contributed by atoms with Gasteiger partial charge in [-0.25, -0.2) is 0 Å². The van der Waals surface area contributed by atoms with Crippen molar-refractivity contribution in [1.29, 1.82) is 0 Å². The molecule has 0 aromatic carbocycles. The zero-order chi connectivity index (χ0) is 7.98. The Kier molecular flexibility index (Phi) is 9.00. The molecule has 4 heteroatoms. The van der Waals surface area contributed by atoms with E-state index in [0.717, 1.165) is 6.42 Å². The lowest BCUT2D eigenvalue weighted by Crippen LogP contribution is -2.33. The Morgan fingerprint density at radius 2 is 2.36 bits per heavy atom. The molecular weight excluding hydrogens is 166 g/mol. The lowest BCUT2D eigenvalue weighted by atomic mass is 10.1. The second-order valence-electron chi connectivity index (χ2n) is 2.05. The number of hydrogen-bond acceptors (Lipinski definition) is 2. The van der Waals surface area contributed by atoms with Crippen molar-refractivity contribution >= 4 is 18.4 Å². The largest absolute Gasteiger partial charge is 0.480 e. The van der Waals surface area contributed by atoms with Crippen molar-refractivity contribution in [3.8, 4) is 0 Å². The minimum atomic E-state index is -0.802. The van der Waals surface area contributed by atoms with Crippen LogP contribution in [0.15, 0.2) is 12.7 Å². The fraction of sp³-hybridized carbons (Fsp3) is 0.571. The van der Waals surface area contributed by atoms with Crippen molar-refractivity contribution in [2.45, 2.75) is 18.9 Å². The summed E-state index contributed by atoms with van der Waals surface area (Å²) in [6, 6.07) is -0.432. The van der Waals surface area contributed by atoms with Gasteiger partial charge in [0, 0.05) is 0 Å². The van der Waals surface area contributed by atoms with E-state index in [0.29, 0.717) is 6.42 Å². The van der Waals surface area contributed by atoms with E-state index in [-0.39, 0.29) is 12.4 Å². The smallest absolute Gasteiger partial charge is 0.320 e. The van der Waals surface area contributed by atoms with Crippen LogP contribution in [0.2, 0.25) is 0 Å². The number of carboxylic acid groups (broad SMARTS) is 1. The van der Waals surface area contributed by atoms with E-state index >= 15 is 0 Å². The van der Waals surface area contributed by atoms with Gasteiger partial charge in [0.1, 0.15) is 6.04 Å². The second-order valence-corrected chi connectivity index (χ2v) is 2.05. The van der Waals surface area contributed by atoms with Crippen molar-refractivity contribution in [3.63, 3.8) is 0 Å². The molecule has 0 aliphatic carbocycles. The molecule has 0 aliphatic rings. The summed E-state index contributed by atoms with van der Waals surface area (Å²) >= 11 is 0. The Morgan fingerprint density at radius 1 is 1.82 bits per heavy atom. The van der Waals surface area contributed by atoms with Crippen LogP contribution in [0.25, 0.3) is 0 Å². The molecule has 3 nitrogen and oxygen atoms in total. The summed E-state index contributed by atoms with van der Waals surface area (Å²) in [5.41, 5.74) is 0. The van der Waals surface area contributed by atoms with Crippen LogP contribution >= 0.6 is 12.4 Å². The van der Waals surface area contributed by atoms with Gasteiger partial charge in [-0.05, 0) is 19.9 Å². The Hall–Kier alpha value is -0.540. The molecule has 0 bridgehead atoms. The van der Waals surface area contributed by atoms with E-state index in [1.165, 1.54) is 0 Å². The molecule has 0 amide bonds. The number of nitrogens with one attached hydrogen (secondary N) is 1. The van der Waals surface area contributed by atoms with E-state index < -0.39 is 12.0 Å². The first-order chi connectivity index (χ1) is 4.72. The predicted octanol–water partition coefficient (Wildman–Crippen LogP) is 1.05. The third-order valence-corrected chi connectivity index (χ3v) is 1.31. The maximum absolute atomic E-state index is 10.3. The first kappa shape index (κ1) is 13.1. The molecule has 0 aliphatic heterocycles. The van der Waals surface area contributed by atoms with E-state index in [9.17, 15) is 4.79 Å².